The van der Waals surface area contributed by atoms with Gasteiger partial charge in [-0.1, -0.05) is 29.8 Å². The smallest absolute Gasteiger partial charge is 0.251 e. The molecular formula is C16H22F2N2O. The molecule has 0 saturated carbocycles. The summed E-state index contributed by atoms with van der Waals surface area (Å²) < 4.78 is 24.6. The highest BCUT2D eigenvalue weighted by molar-refractivity contribution is 5.96. The Morgan fingerprint density at radius 1 is 1.10 bits per heavy atom. The number of benzene rings is 1. The highest BCUT2D eigenvalue weighted by atomic mass is 19.3. The van der Waals surface area contributed by atoms with E-state index in [2.05, 4.69) is 4.90 Å². The first kappa shape index (κ1) is 16.0. The van der Waals surface area contributed by atoms with Gasteiger partial charge in [-0.15, -0.1) is 0 Å². The fourth-order valence-electron chi connectivity index (χ4n) is 2.53. The van der Waals surface area contributed by atoms with Crippen molar-refractivity contribution in [2.75, 3.05) is 39.3 Å². The zero-order valence-electron chi connectivity index (χ0n) is 12.4. The molecule has 0 amide bonds. The highest BCUT2D eigenvalue weighted by Crippen LogP contribution is 2.09. The number of ketones is 1. The predicted molar refractivity (Wildman–Crippen MR) is 79.0 cm³/mol. The van der Waals surface area contributed by atoms with Gasteiger partial charge in [0.2, 0.25) is 0 Å². The normalized spacial score (nSPS) is 17.3. The molecule has 0 radical (unpaired) electrons. The zero-order valence-corrected chi connectivity index (χ0v) is 12.4. The minimum atomic E-state index is -2.26. The van der Waals surface area contributed by atoms with Gasteiger partial charge in [-0.25, -0.2) is 8.78 Å². The molecule has 2 rings (SSSR count). The van der Waals surface area contributed by atoms with Crippen molar-refractivity contribution in [1.82, 2.24) is 9.80 Å². The van der Waals surface area contributed by atoms with Crippen LogP contribution in [0.2, 0.25) is 0 Å². The van der Waals surface area contributed by atoms with E-state index in [0.717, 1.165) is 24.2 Å². The van der Waals surface area contributed by atoms with Crippen LogP contribution >= 0.6 is 0 Å². The van der Waals surface area contributed by atoms with E-state index >= 15 is 0 Å². The molecule has 0 N–H and O–H groups in total. The number of Topliss-reactive ketones (excluding diaryl/α,β-unsaturated/α-hetero) is 1. The molecule has 0 aliphatic carbocycles. The van der Waals surface area contributed by atoms with Crippen LogP contribution in [0.15, 0.2) is 24.3 Å². The summed E-state index contributed by atoms with van der Waals surface area (Å²) in [5.41, 5.74) is 1.89. The van der Waals surface area contributed by atoms with Crippen LogP contribution in [0.3, 0.4) is 0 Å². The molecule has 1 heterocycles. The van der Waals surface area contributed by atoms with Gasteiger partial charge in [0, 0.05) is 44.7 Å². The van der Waals surface area contributed by atoms with Crippen molar-refractivity contribution in [3.63, 3.8) is 0 Å². The van der Waals surface area contributed by atoms with E-state index in [4.69, 9.17) is 0 Å². The van der Waals surface area contributed by atoms with Gasteiger partial charge in [0.05, 0.1) is 6.54 Å². The van der Waals surface area contributed by atoms with Gasteiger partial charge in [0.25, 0.3) is 6.43 Å². The Kier molecular flexibility index (Phi) is 5.82. The third-order valence-corrected chi connectivity index (χ3v) is 3.89. The van der Waals surface area contributed by atoms with Crippen LogP contribution < -0.4 is 0 Å². The molecule has 0 bridgehead atoms. The number of alkyl halides is 2. The Labute approximate surface area is 124 Å². The lowest BCUT2D eigenvalue weighted by atomic mass is 10.1. The third kappa shape index (κ3) is 5.17. The zero-order chi connectivity index (χ0) is 15.2. The number of aryl methyl sites for hydroxylation is 1. The molecule has 0 atom stereocenters. The number of hydrogen-bond donors (Lipinski definition) is 0. The second-order valence-electron chi connectivity index (χ2n) is 5.57. The molecule has 116 valence electrons. The molecule has 0 aromatic heterocycles. The Hall–Kier alpha value is -1.33. The highest BCUT2D eigenvalue weighted by Gasteiger charge is 2.20. The number of nitrogens with zero attached hydrogens (tertiary/aromatic N) is 2. The van der Waals surface area contributed by atoms with Crippen molar-refractivity contribution in [2.45, 2.75) is 19.8 Å². The summed E-state index contributed by atoms with van der Waals surface area (Å²) in [7, 11) is 0. The SMILES string of the molecule is Cc1ccc(C(=O)CCN2CCN(CC(F)F)CC2)cc1. The van der Waals surface area contributed by atoms with E-state index in [1.807, 2.05) is 31.2 Å². The van der Waals surface area contributed by atoms with Crippen LogP contribution in [-0.2, 0) is 0 Å². The van der Waals surface area contributed by atoms with E-state index in [9.17, 15) is 13.6 Å². The first-order valence-electron chi connectivity index (χ1n) is 7.37. The Morgan fingerprint density at radius 2 is 1.67 bits per heavy atom. The lowest BCUT2D eigenvalue weighted by Crippen LogP contribution is -2.48. The summed E-state index contributed by atoms with van der Waals surface area (Å²) in [6.45, 7) is 5.38. The lowest BCUT2D eigenvalue weighted by Gasteiger charge is -2.34. The molecule has 1 aliphatic heterocycles. The van der Waals surface area contributed by atoms with Crippen molar-refractivity contribution in [3.05, 3.63) is 35.4 Å². The van der Waals surface area contributed by atoms with E-state index in [1.54, 1.807) is 4.90 Å². The summed E-state index contributed by atoms with van der Waals surface area (Å²) in [5, 5.41) is 0. The molecule has 1 fully saturated rings. The van der Waals surface area contributed by atoms with Gasteiger partial charge in [-0.2, -0.15) is 0 Å². The molecule has 1 saturated heterocycles. The summed E-state index contributed by atoms with van der Waals surface area (Å²) in [6, 6.07) is 7.60. The third-order valence-electron chi connectivity index (χ3n) is 3.89. The fourth-order valence-corrected chi connectivity index (χ4v) is 2.53. The minimum absolute atomic E-state index is 0.143. The van der Waals surface area contributed by atoms with Gasteiger partial charge in [-0.3, -0.25) is 9.69 Å². The topological polar surface area (TPSA) is 23.6 Å². The second kappa shape index (κ2) is 7.61. The molecule has 1 aromatic carbocycles. The number of rotatable bonds is 6. The van der Waals surface area contributed by atoms with Crippen LogP contribution in [0.4, 0.5) is 8.78 Å². The summed E-state index contributed by atoms with van der Waals surface area (Å²) in [4.78, 5) is 16.0. The molecule has 3 nitrogen and oxygen atoms in total. The number of piperazine rings is 1. The van der Waals surface area contributed by atoms with Crippen molar-refractivity contribution in [1.29, 1.82) is 0 Å². The quantitative estimate of drug-likeness (QED) is 0.753. The van der Waals surface area contributed by atoms with Crippen molar-refractivity contribution >= 4 is 5.78 Å². The number of carbonyl (C=O) groups is 1. The van der Waals surface area contributed by atoms with Crippen molar-refractivity contribution < 1.29 is 13.6 Å². The summed E-state index contributed by atoms with van der Waals surface area (Å²) >= 11 is 0. The second-order valence-corrected chi connectivity index (χ2v) is 5.57. The van der Waals surface area contributed by atoms with Crippen LogP contribution in [0.25, 0.3) is 0 Å². The van der Waals surface area contributed by atoms with Crippen LogP contribution in [-0.4, -0.2) is 61.3 Å². The molecule has 1 aliphatic rings. The largest absolute Gasteiger partial charge is 0.300 e. The van der Waals surface area contributed by atoms with Crippen molar-refractivity contribution in [2.24, 2.45) is 0 Å². The van der Waals surface area contributed by atoms with Gasteiger partial charge in [0.15, 0.2) is 5.78 Å². The molecule has 0 unspecified atom stereocenters. The number of hydrogen-bond acceptors (Lipinski definition) is 3. The first-order chi connectivity index (χ1) is 10.0. The average molecular weight is 296 g/mol. The lowest BCUT2D eigenvalue weighted by molar-refractivity contribution is 0.0555. The molecular weight excluding hydrogens is 274 g/mol. The summed E-state index contributed by atoms with van der Waals surface area (Å²) in [5.74, 6) is 0.144. The number of carbonyl (C=O) groups excluding carboxylic acids is 1. The maximum atomic E-state index is 12.3. The van der Waals surface area contributed by atoms with E-state index in [-0.39, 0.29) is 12.3 Å². The van der Waals surface area contributed by atoms with Gasteiger partial charge < -0.3 is 4.90 Å². The molecule has 5 heteroatoms. The first-order valence-corrected chi connectivity index (χ1v) is 7.37. The van der Waals surface area contributed by atoms with Crippen molar-refractivity contribution in [3.8, 4) is 0 Å². The molecule has 0 spiro atoms. The van der Waals surface area contributed by atoms with E-state index in [1.165, 1.54) is 0 Å². The standard InChI is InChI=1S/C16H22F2N2O/c1-13-2-4-14(5-3-13)15(21)6-7-19-8-10-20(11-9-19)12-16(17)18/h2-5,16H,6-12H2,1H3. The van der Waals surface area contributed by atoms with Gasteiger partial charge in [0.1, 0.15) is 0 Å². The monoisotopic (exact) mass is 296 g/mol. The van der Waals surface area contributed by atoms with Gasteiger partial charge in [-0.05, 0) is 6.92 Å². The minimum Gasteiger partial charge on any atom is -0.300 e. The van der Waals surface area contributed by atoms with Crippen LogP contribution in [0, 0.1) is 6.92 Å². The van der Waals surface area contributed by atoms with Crippen LogP contribution in [0.5, 0.6) is 0 Å². The maximum Gasteiger partial charge on any atom is 0.251 e. The Balaban J connectivity index is 1.72. The molecule has 1 aromatic rings. The van der Waals surface area contributed by atoms with E-state index in [0.29, 0.717) is 26.1 Å². The Bertz CT molecular complexity index is 454. The maximum absolute atomic E-state index is 12.3. The summed E-state index contributed by atoms with van der Waals surface area (Å²) in [6.07, 6.45) is -1.78. The fraction of sp³-hybridized carbons (Fsp3) is 0.562. The number of halogens is 2. The molecule has 21 heavy (non-hydrogen) atoms. The van der Waals surface area contributed by atoms with Gasteiger partial charge >= 0.3 is 0 Å². The Morgan fingerprint density at radius 3 is 2.24 bits per heavy atom. The average Bonchev–Trinajstić information content (AvgIpc) is 2.46. The van der Waals surface area contributed by atoms with Crippen LogP contribution in [0.1, 0.15) is 22.3 Å². The van der Waals surface area contributed by atoms with E-state index < -0.39 is 6.43 Å². The predicted octanol–water partition coefficient (Wildman–Crippen LogP) is 2.45.